The number of rotatable bonds is 6. The lowest BCUT2D eigenvalue weighted by Gasteiger charge is -2.09. The molecule has 2 heterocycles. The molecule has 0 aliphatic rings. The van der Waals surface area contributed by atoms with Crippen LogP contribution in [0.2, 0.25) is 5.02 Å². The van der Waals surface area contributed by atoms with E-state index >= 15 is 0 Å². The summed E-state index contributed by atoms with van der Waals surface area (Å²) in [6.45, 7) is 2.42. The monoisotopic (exact) mass is 474 g/mol. The Morgan fingerprint density at radius 1 is 1.00 bits per heavy atom. The van der Waals surface area contributed by atoms with E-state index in [4.69, 9.17) is 25.6 Å². The molecule has 34 heavy (non-hydrogen) atoms. The lowest BCUT2D eigenvalue weighted by atomic mass is 10.1. The molecule has 0 aliphatic heterocycles. The zero-order chi connectivity index (χ0) is 23.7. The number of benzene rings is 3. The number of hydrogen-bond acceptors (Lipinski definition) is 7. The Hall–Kier alpha value is -4.17. The van der Waals surface area contributed by atoms with E-state index in [0.29, 0.717) is 56.7 Å². The molecular weight excluding hydrogens is 456 g/mol. The molecule has 0 fully saturated rings. The highest BCUT2D eigenvalue weighted by atomic mass is 35.5. The summed E-state index contributed by atoms with van der Waals surface area (Å²) in [6.07, 6.45) is 0. The quantitative estimate of drug-likeness (QED) is 0.335. The molecule has 5 rings (SSSR count). The average molecular weight is 475 g/mol. The smallest absolute Gasteiger partial charge is 0.279 e. The molecule has 0 saturated carbocycles. The molecule has 170 valence electrons. The van der Waals surface area contributed by atoms with E-state index in [1.54, 1.807) is 61.7 Å². The van der Waals surface area contributed by atoms with Crippen molar-refractivity contribution in [3.63, 3.8) is 0 Å². The lowest BCUT2D eigenvalue weighted by Crippen LogP contribution is -2.22. The van der Waals surface area contributed by atoms with E-state index in [0.717, 1.165) is 0 Å². The van der Waals surface area contributed by atoms with E-state index in [9.17, 15) is 4.79 Å². The van der Waals surface area contributed by atoms with Crippen LogP contribution in [0.15, 0.2) is 76.0 Å². The van der Waals surface area contributed by atoms with Crippen LogP contribution in [0.25, 0.3) is 39.4 Å². The maximum absolute atomic E-state index is 13.2. The second-order valence-electron chi connectivity index (χ2n) is 7.31. The molecule has 0 amide bonds. The molecule has 9 heteroatoms. The summed E-state index contributed by atoms with van der Waals surface area (Å²) in [7, 11) is 1.57. The zero-order valence-corrected chi connectivity index (χ0v) is 19.1. The van der Waals surface area contributed by atoms with Crippen molar-refractivity contribution in [2.24, 2.45) is 0 Å². The van der Waals surface area contributed by atoms with Gasteiger partial charge in [0.25, 0.3) is 11.4 Å². The molecule has 0 spiro atoms. The molecule has 0 radical (unpaired) electrons. The molecule has 8 nitrogen and oxygen atoms in total. The van der Waals surface area contributed by atoms with Crippen LogP contribution in [-0.2, 0) is 0 Å². The highest BCUT2D eigenvalue weighted by molar-refractivity contribution is 6.30. The first-order valence-electron chi connectivity index (χ1n) is 10.5. The van der Waals surface area contributed by atoms with Crippen molar-refractivity contribution in [1.82, 2.24) is 19.9 Å². The molecule has 2 aromatic heterocycles. The van der Waals surface area contributed by atoms with E-state index < -0.39 is 0 Å². The largest absolute Gasteiger partial charge is 0.493 e. The molecular formula is C25H19ClN4O4. The van der Waals surface area contributed by atoms with Gasteiger partial charge in [-0.15, -0.1) is 0 Å². The van der Waals surface area contributed by atoms with Gasteiger partial charge >= 0.3 is 0 Å². The molecule has 0 saturated heterocycles. The maximum atomic E-state index is 13.2. The Morgan fingerprint density at radius 2 is 1.82 bits per heavy atom. The zero-order valence-electron chi connectivity index (χ0n) is 18.4. The van der Waals surface area contributed by atoms with Crippen molar-refractivity contribution >= 4 is 22.4 Å². The van der Waals surface area contributed by atoms with Crippen molar-refractivity contribution in [1.29, 1.82) is 0 Å². The van der Waals surface area contributed by atoms with E-state index in [2.05, 4.69) is 15.2 Å². The van der Waals surface area contributed by atoms with E-state index in [1.807, 2.05) is 19.1 Å². The minimum Gasteiger partial charge on any atom is -0.493 e. The molecule has 0 bridgehead atoms. The number of ether oxygens (including phenoxy) is 2. The summed E-state index contributed by atoms with van der Waals surface area (Å²) >= 11 is 6.15. The SMILES string of the molecule is CCOc1ccc(-c2noc(-c3nn(-c4cccc(Cl)c4)c(=O)c4ccccc34)n2)cc1OC. The van der Waals surface area contributed by atoms with Crippen molar-refractivity contribution in [2.75, 3.05) is 13.7 Å². The first kappa shape index (κ1) is 21.7. The summed E-state index contributed by atoms with van der Waals surface area (Å²) in [5.74, 6) is 1.71. The van der Waals surface area contributed by atoms with Crippen LogP contribution in [0.1, 0.15) is 6.92 Å². The van der Waals surface area contributed by atoms with Crippen molar-refractivity contribution in [2.45, 2.75) is 6.92 Å². The van der Waals surface area contributed by atoms with Gasteiger partial charge in [0.05, 0.1) is 24.8 Å². The maximum Gasteiger partial charge on any atom is 0.279 e. The van der Waals surface area contributed by atoms with Gasteiger partial charge in [-0.25, -0.2) is 0 Å². The van der Waals surface area contributed by atoms with Crippen molar-refractivity contribution in [3.8, 4) is 40.2 Å². The Bertz CT molecular complexity index is 1560. The van der Waals surface area contributed by atoms with Gasteiger partial charge in [0.15, 0.2) is 17.2 Å². The second kappa shape index (κ2) is 8.99. The predicted molar refractivity (Wildman–Crippen MR) is 129 cm³/mol. The summed E-state index contributed by atoms with van der Waals surface area (Å²) in [5.41, 5.74) is 1.31. The number of methoxy groups -OCH3 is 1. The molecule has 3 aromatic carbocycles. The number of aromatic nitrogens is 4. The lowest BCUT2D eigenvalue weighted by molar-refractivity contribution is 0.311. The standard InChI is InChI=1S/C25H19ClN4O4/c1-3-33-20-12-11-15(13-21(20)32-2)23-27-24(34-29-23)22-18-9-4-5-10-19(18)25(31)30(28-22)17-8-6-7-16(26)14-17/h4-14H,3H2,1-2H3. The first-order chi connectivity index (χ1) is 16.6. The summed E-state index contributed by atoms with van der Waals surface area (Å²) in [5, 5.41) is 10.3. The van der Waals surface area contributed by atoms with Gasteiger partial charge in [0.2, 0.25) is 5.82 Å². The van der Waals surface area contributed by atoms with Gasteiger partial charge in [-0.2, -0.15) is 14.8 Å². The fraction of sp³-hybridized carbons (Fsp3) is 0.120. The van der Waals surface area contributed by atoms with Gasteiger partial charge in [0.1, 0.15) is 0 Å². The minimum absolute atomic E-state index is 0.176. The predicted octanol–water partition coefficient (Wildman–Crippen LogP) is 5.16. The summed E-state index contributed by atoms with van der Waals surface area (Å²) in [6, 6.07) is 19.4. The third-order valence-corrected chi connectivity index (χ3v) is 5.44. The third kappa shape index (κ3) is 3.88. The van der Waals surface area contributed by atoms with Gasteiger partial charge in [-0.1, -0.05) is 41.0 Å². The van der Waals surface area contributed by atoms with Crippen LogP contribution in [0.4, 0.5) is 0 Å². The number of halogens is 1. The average Bonchev–Trinajstić information content (AvgIpc) is 3.35. The van der Waals surface area contributed by atoms with E-state index in [-0.39, 0.29) is 11.4 Å². The van der Waals surface area contributed by atoms with Crippen LogP contribution in [0.5, 0.6) is 11.5 Å². The topological polar surface area (TPSA) is 92.3 Å². The first-order valence-corrected chi connectivity index (χ1v) is 10.9. The van der Waals surface area contributed by atoms with Gasteiger partial charge in [0, 0.05) is 16.0 Å². The van der Waals surface area contributed by atoms with Gasteiger partial charge < -0.3 is 14.0 Å². The highest BCUT2D eigenvalue weighted by Crippen LogP contribution is 2.33. The number of hydrogen-bond donors (Lipinski definition) is 0. The van der Waals surface area contributed by atoms with Crippen LogP contribution in [-0.4, -0.2) is 33.6 Å². The van der Waals surface area contributed by atoms with Crippen LogP contribution in [0.3, 0.4) is 0 Å². The summed E-state index contributed by atoms with van der Waals surface area (Å²) in [4.78, 5) is 17.7. The Morgan fingerprint density at radius 3 is 2.59 bits per heavy atom. The fourth-order valence-electron chi connectivity index (χ4n) is 3.65. The van der Waals surface area contributed by atoms with Crippen molar-refractivity contribution in [3.05, 3.63) is 82.1 Å². The Balaban J connectivity index is 1.65. The van der Waals surface area contributed by atoms with E-state index in [1.165, 1.54) is 4.68 Å². The number of fused-ring (bicyclic) bond motifs is 1. The minimum atomic E-state index is -0.280. The second-order valence-corrected chi connectivity index (χ2v) is 7.75. The molecule has 0 atom stereocenters. The summed E-state index contributed by atoms with van der Waals surface area (Å²) < 4.78 is 17.9. The molecule has 0 N–H and O–H groups in total. The molecule has 0 unspecified atom stereocenters. The van der Waals surface area contributed by atoms with Crippen LogP contribution in [0, 0.1) is 0 Å². The van der Waals surface area contributed by atoms with Crippen molar-refractivity contribution < 1.29 is 14.0 Å². The normalized spacial score (nSPS) is 11.0. The number of nitrogens with zero attached hydrogens (tertiary/aromatic N) is 4. The van der Waals surface area contributed by atoms with Crippen LogP contribution >= 0.6 is 11.6 Å². The van der Waals surface area contributed by atoms with Gasteiger partial charge in [-0.3, -0.25) is 4.79 Å². The Labute approximate surface area is 199 Å². The fourth-order valence-corrected chi connectivity index (χ4v) is 3.83. The third-order valence-electron chi connectivity index (χ3n) is 5.21. The van der Waals surface area contributed by atoms with Crippen LogP contribution < -0.4 is 15.0 Å². The Kier molecular flexibility index (Phi) is 5.73. The molecule has 0 aliphatic carbocycles. The molecule has 5 aromatic rings. The van der Waals surface area contributed by atoms with Gasteiger partial charge in [-0.05, 0) is 49.4 Å². The highest BCUT2D eigenvalue weighted by Gasteiger charge is 2.20.